The summed E-state index contributed by atoms with van der Waals surface area (Å²) in [6, 6.07) is 0. The molecular weight excluding hydrogens is 335 g/mol. The van der Waals surface area contributed by atoms with E-state index in [0.29, 0.717) is 31.3 Å². The number of nitrogens with zero attached hydrogens (tertiary/aromatic N) is 5. The van der Waals surface area contributed by atoms with Crippen LogP contribution in [0.15, 0.2) is 23.4 Å². The van der Waals surface area contributed by atoms with Gasteiger partial charge in [0.05, 0.1) is 0 Å². The molecule has 0 aliphatic carbocycles. The molecule has 1 aliphatic rings. The molecule has 1 aliphatic heterocycles. The standard InChI is InChI=1S/C16H20F3N5O/c1-3-23-8-6-20-14(15(23)25)24-7-4-5-11(9-24)13-21-12(10-22(13)2)16(17,18)19/h6,8,10-11H,3-5,7,9H2,1-2H3/t11-/m1/s1. The molecule has 1 fully saturated rings. The summed E-state index contributed by atoms with van der Waals surface area (Å²) in [5, 5.41) is 0. The molecule has 0 spiro atoms. The van der Waals surface area contributed by atoms with E-state index >= 15 is 0 Å². The van der Waals surface area contributed by atoms with Crippen LogP contribution in [-0.2, 0) is 19.8 Å². The summed E-state index contributed by atoms with van der Waals surface area (Å²) in [5.41, 5.74) is -1.06. The van der Waals surface area contributed by atoms with E-state index in [1.807, 2.05) is 11.8 Å². The van der Waals surface area contributed by atoms with Gasteiger partial charge in [0.2, 0.25) is 0 Å². The quantitative estimate of drug-likeness (QED) is 0.848. The number of anilines is 1. The molecule has 0 aromatic carbocycles. The van der Waals surface area contributed by atoms with Crippen molar-refractivity contribution in [1.29, 1.82) is 0 Å². The van der Waals surface area contributed by atoms with E-state index in [4.69, 9.17) is 0 Å². The predicted octanol–water partition coefficient (Wildman–Crippen LogP) is 2.40. The van der Waals surface area contributed by atoms with E-state index in [1.165, 1.54) is 4.57 Å². The molecule has 0 unspecified atom stereocenters. The predicted molar refractivity (Wildman–Crippen MR) is 86.6 cm³/mol. The molecule has 0 saturated carbocycles. The highest BCUT2D eigenvalue weighted by atomic mass is 19.4. The van der Waals surface area contributed by atoms with Gasteiger partial charge in [-0.15, -0.1) is 0 Å². The molecule has 3 heterocycles. The molecule has 1 atom stereocenters. The van der Waals surface area contributed by atoms with Gasteiger partial charge < -0.3 is 14.0 Å². The summed E-state index contributed by atoms with van der Waals surface area (Å²) in [7, 11) is 1.57. The molecule has 6 nitrogen and oxygen atoms in total. The van der Waals surface area contributed by atoms with Gasteiger partial charge in [0.25, 0.3) is 5.56 Å². The number of alkyl halides is 3. The second kappa shape index (κ2) is 6.53. The van der Waals surface area contributed by atoms with Crippen molar-refractivity contribution in [2.45, 2.75) is 38.4 Å². The molecule has 0 amide bonds. The lowest BCUT2D eigenvalue weighted by atomic mass is 9.97. The zero-order chi connectivity index (χ0) is 18.2. The van der Waals surface area contributed by atoms with Crippen LogP contribution in [0.5, 0.6) is 0 Å². The van der Waals surface area contributed by atoms with Crippen molar-refractivity contribution in [3.63, 3.8) is 0 Å². The summed E-state index contributed by atoms with van der Waals surface area (Å²) >= 11 is 0. The molecule has 2 aromatic rings. The van der Waals surface area contributed by atoms with E-state index in [2.05, 4.69) is 9.97 Å². The first kappa shape index (κ1) is 17.5. The van der Waals surface area contributed by atoms with Crippen LogP contribution in [0.25, 0.3) is 0 Å². The minimum Gasteiger partial charge on any atom is -0.351 e. The van der Waals surface area contributed by atoms with Crippen molar-refractivity contribution in [3.8, 4) is 0 Å². The number of piperidine rings is 1. The number of imidazole rings is 1. The van der Waals surface area contributed by atoms with Crippen LogP contribution in [0.1, 0.15) is 37.2 Å². The second-order valence-electron chi connectivity index (χ2n) is 6.22. The van der Waals surface area contributed by atoms with E-state index in [1.54, 1.807) is 24.0 Å². The van der Waals surface area contributed by atoms with Crippen LogP contribution in [0.4, 0.5) is 19.0 Å². The maximum Gasteiger partial charge on any atom is 0.434 e. The Balaban J connectivity index is 1.87. The molecule has 3 rings (SSSR count). The fraction of sp³-hybridized carbons (Fsp3) is 0.562. The van der Waals surface area contributed by atoms with Gasteiger partial charge in [-0.05, 0) is 19.8 Å². The van der Waals surface area contributed by atoms with E-state index in [9.17, 15) is 18.0 Å². The lowest BCUT2D eigenvalue weighted by Gasteiger charge is -2.32. The van der Waals surface area contributed by atoms with E-state index in [-0.39, 0.29) is 11.5 Å². The molecule has 2 aromatic heterocycles. The first-order chi connectivity index (χ1) is 11.8. The molecule has 0 bridgehead atoms. The highest BCUT2D eigenvalue weighted by Gasteiger charge is 2.36. The molecular formula is C16H20F3N5O. The Kier molecular flexibility index (Phi) is 4.57. The third-order valence-corrected chi connectivity index (χ3v) is 4.53. The van der Waals surface area contributed by atoms with Gasteiger partial charge in [-0.25, -0.2) is 9.97 Å². The van der Waals surface area contributed by atoms with Crippen LogP contribution >= 0.6 is 0 Å². The minimum atomic E-state index is -4.46. The molecule has 0 N–H and O–H groups in total. The maximum atomic E-state index is 12.9. The fourth-order valence-electron chi connectivity index (χ4n) is 3.28. The van der Waals surface area contributed by atoms with E-state index in [0.717, 1.165) is 19.0 Å². The minimum absolute atomic E-state index is 0.175. The SMILES string of the molecule is CCn1ccnc(N2CCC[C@@H](c3nc(C(F)(F)F)cn3C)C2)c1=O. The molecule has 25 heavy (non-hydrogen) atoms. The monoisotopic (exact) mass is 355 g/mol. The Morgan fingerprint density at radius 3 is 2.76 bits per heavy atom. The van der Waals surface area contributed by atoms with Gasteiger partial charge in [0, 0.05) is 51.2 Å². The topological polar surface area (TPSA) is 56.0 Å². The Labute approximate surface area is 142 Å². The van der Waals surface area contributed by atoms with Crippen molar-refractivity contribution in [2.75, 3.05) is 18.0 Å². The number of halogens is 3. The summed E-state index contributed by atoms with van der Waals surface area (Å²) in [4.78, 5) is 22.3. The Morgan fingerprint density at radius 2 is 2.12 bits per heavy atom. The van der Waals surface area contributed by atoms with Gasteiger partial charge in [-0.2, -0.15) is 13.2 Å². The Morgan fingerprint density at radius 1 is 1.36 bits per heavy atom. The van der Waals surface area contributed by atoms with Gasteiger partial charge in [0.1, 0.15) is 5.82 Å². The van der Waals surface area contributed by atoms with E-state index < -0.39 is 11.9 Å². The first-order valence-corrected chi connectivity index (χ1v) is 8.22. The van der Waals surface area contributed by atoms with Crippen LogP contribution < -0.4 is 10.5 Å². The average Bonchev–Trinajstić information content (AvgIpc) is 2.97. The second-order valence-corrected chi connectivity index (χ2v) is 6.22. The van der Waals surface area contributed by atoms with Gasteiger partial charge in [-0.3, -0.25) is 4.79 Å². The highest BCUT2D eigenvalue weighted by Crippen LogP contribution is 2.32. The normalized spacial score (nSPS) is 18.6. The lowest BCUT2D eigenvalue weighted by molar-refractivity contribution is -0.141. The van der Waals surface area contributed by atoms with Crippen molar-refractivity contribution < 1.29 is 13.2 Å². The van der Waals surface area contributed by atoms with Crippen molar-refractivity contribution >= 4 is 5.82 Å². The van der Waals surface area contributed by atoms with Crippen LogP contribution in [0.2, 0.25) is 0 Å². The summed E-state index contributed by atoms with van der Waals surface area (Å²) in [5.74, 6) is 0.564. The zero-order valence-corrected chi connectivity index (χ0v) is 14.1. The lowest BCUT2D eigenvalue weighted by Crippen LogP contribution is -2.40. The van der Waals surface area contributed by atoms with Crippen molar-refractivity contribution in [1.82, 2.24) is 19.1 Å². The maximum absolute atomic E-state index is 12.9. The van der Waals surface area contributed by atoms with Crippen LogP contribution in [0, 0.1) is 0 Å². The van der Waals surface area contributed by atoms with Crippen molar-refractivity contribution in [2.24, 2.45) is 7.05 Å². The van der Waals surface area contributed by atoms with Gasteiger partial charge >= 0.3 is 6.18 Å². The molecule has 1 saturated heterocycles. The summed E-state index contributed by atoms with van der Waals surface area (Å²) < 4.78 is 41.7. The largest absolute Gasteiger partial charge is 0.434 e. The highest BCUT2D eigenvalue weighted by molar-refractivity contribution is 5.37. The molecule has 0 radical (unpaired) electrons. The summed E-state index contributed by atoms with van der Waals surface area (Å²) in [6.07, 6.45) is 1.25. The third-order valence-electron chi connectivity index (χ3n) is 4.53. The fourth-order valence-corrected chi connectivity index (χ4v) is 3.28. The average molecular weight is 355 g/mol. The smallest absolute Gasteiger partial charge is 0.351 e. The van der Waals surface area contributed by atoms with Gasteiger partial charge in [-0.1, -0.05) is 0 Å². The van der Waals surface area contributed by atoms with Crippen molar-refractivity contribution in [3.05, 3.63) is 40.5 Å². The number of rotatable bonds is 3. The molecule has 9 heteroatoms. The number of hydrogen-bond donors (Lipinski definition) is 0. The zero-order valence-electron chi connectivity index (χ0n) is 14.1. The first-order valence-electron chi connectivity index (χ1n) is 8.22. The number of hydrogen-bond acceptors (Lipinski definition) is 4. The Hall–Kier alpha value is -2.32. The third kappa shape index (κ3) is 3.40. The summed E-state index contributed by atoms with van der Waals surface area (Å²) in [6.45, 7) is 3.50. The van der Waals surface area contributed by atoms with Crippen LogP contribution in [-0.4, -0.2) is 32.2 Å². The van der Waals surface area contributed by atoms with Crippen LogP contribution in [0.3, 0.4) is 0 Å². The molecule has 136 valence electrons. The Bertz CT molecular complexity index is 811. The van der Waals surface area contributed by atoms with Gasteiger partial charge in [0.15, 0.2) is 11.5 Å². The number of aromatic nitrogens is 4. The number of aryl methyl sites for hydroxylation is 2.